The lowest BCUT2D eigenvalue weighted by Gasteiger charge is -2.26. The molecule has 1 atom stereocenters. The number of carbonyl (C=O) groups excluding carboxylic acids is 1. The van der Waals surface area contributed by atoms with Crippen molar-refractivity contribution in [2.75, 3.05) is 34.5 Å². The second-order valence-electron chi connectivity index (χ2n) is 6.00. The molecule has 3 rings (SSSR count). The fraction of sp³-hybridized carbons (Fsp3) is 0.286. The van der Waals surface area contributed by atoms with Crippen LogP contribution in [0.4, 0.5) is 0 Å². The van der Waals surface area contributed by atoms with Crippen LogP contribution >= 0.6 is 0 Å². The molecule has 0 bridgehead atoms. The van der Waals surface area contributed by atoms with Crippen LogP contribution in [-0.4, -0.2) is 46.5 Å². The highest BCUT2D eigenvalue weighted by molar-refractivity contribution is 5.92. The molecule has 1 N–H and O–H groups in total. The quantitative estimate of drug-likeness (QED) is 0.739. The second-order valence-corrected chi connectivity index (χ2v) is 6.00. The van der Waals surface area contributed by atoms with E-state index in [-0.39, 0.29) is 12.0 Å². The van der Waals surface area contributed by atoms with Crippen LogP contribution in [0.15, 0.2) is 42.5 Å². The molecule has 1 heterocycles. The zero-order chi connectivity index (χ0) is 19.9. The molecular formula is C21H23NO6. The Labute approximate surface area is 163 Å². The van der Waals surface area contributed by atoms with Crippen molar-refractivity contribution in [2.45, 2.75) is 6.10 Å². The Hall–Kier alpha value is -3.35. The summed E-state index contributed by atoms with van der Waals surface area (Å²) in [6, 6.07) is 11.0. The van der Waals surface area contributed by atoms with Crippen molar-refractivity contribution in [3.63, 3.8) is 0 Å². The van der Waals surface area contributed by atoms with E-state index in [9.17, 15) is 4.79 Å². The predicted octanol–water partition coefficient (Wildman–Crippen LogP) is 2.68. The number of benzene rings is 2. The summed E-state index contributed by atoms with van der Waals surface area (Å²) in [5, 5.41) is 2.81. The van der Waals surface area contributed by atoms with E-state index < -0.39 is 0 Å². The van der Waals surface area contributed by atoms with E-state index in [4.69, 9.17) is 23.7 Å². The SMILES string of the molecule is COc1ccc(/C=C/C(=O)NCC2COc3ccccc3O2)c(OC)c1OC. The Kier molecular flexibility index (Phi) is 6.26. The van der Waals surface area contributed by atoms with E-state index in [1.54, 1.807) is 25.3 Å². The van der Waals surface area contributed by atoms with E-state index in [0.717, 1.165) is 0 Å². The maximum Gasteiger partial charge on any atom is 0.244 e. The minimum absolute atomic E-state index is 0.247. The average Bonchev–Trinajstić information content (AvgIpc) is 2.75. The van der Waals surface area contributed by atoms with Gasteiger partial charge in [-0.3, -0.25) is 4.79 Å². The number of carbonyl (C=O) groups is 1. The molecular weight excluding hydrogens is 362 g/mol. The highest BCUT2D eigenvalue weighted by Gasteiger charge is 2.20. The Balaban J connectivity index is 1.60. The fourth-order valence-electron chi connectivity index (χ4n) is 2.86. The first-order chi connectivity index (χ1) is 13.7. The van der Waals surface area contributed by atoms with E-state index >= 15 is 0 Å². The molecule has 0 aromatic heterocycles. The molecule has 0 aliphatic carbocycles. The molecule has 1 amide bonds. The Morgan fingerprint density at radius 3 is 2.54 bits per heavy atom. The van der Waals surface area contributed by atoms with Gasteiger partial charge >= 0.3 is 0 Å². The monoisotopic (exact) mass is 385 g/mol. The van der Waals surface area contributed by atoms with E-state index in [1.807, 2.05) is 24.3 Å². The Morgan fingerprint density at radius 1 is 1.07 bits per heavy atom. The van der Waals surface area contributed by atoms with Gasteiger partial charge in [-0.05, 0) is 30.3 Å². The minimum Gasteiger partial charge on any atom is -0.493 e. The van der Waals surface area contributed by atoms with Gasteiger partial charge in [0.05, 0.1) is 27.9 Å². The van der Waals surface area contributed by atoms with Crippen molar-refractivity contribution >= 4 is 12.0 Å². The molecule has 1 unspecified atom stereocenters. The van der Waals surface area contributed by atoms with Gasteiger partial charge in [-0.25, -0.2) is 0 Å². The number of hydrogen-bond acceptors (Lipinski definition) is 6. The van der Waals surface area contributed by atoms with Crippen LogP contribution in [-0.2, 0) is 4.79 Å². The Bertz CT molecular complexity index is 864. The first-order valence-corrected chi connectivity index (χ1v) is 8.79. The Morgan fingerprint density at radius 2 is 1.82 bits per heavy atom. The lowest BCUT2D eigenvalue weighted by molar-refractivity contribution is -0.116. The van der Waals surface area contributed by atoms with E-state index in [1.165, 1.54) is 20.3 Å². The molecule has 0 saturated heterocycles. The molecule has 2 aromatic rings. The van der Waals surface area contributed by atoms with Crippen LogP contribution in [0.5, 0.6) is 28.7 Å². The highest BCUT2D eigenvalue weighted by Crippen LogP contribution is 2.40. The first kappa shape index (κ1) is 19.4. The number of hydrogen-bond donors (Lipinski definition) is 1. The molecule has 7 heteroatoms. The van der Waals surface area contributed by atoms with Gasteiger partial charge in [0, 0.05) is 11.6 Å². The average molecular weight is 385 g/mol. The summed E-state index contributed by atoms with van der Waals surface area (Å²) in [5.41, 5.74) is 0.696. The van der Waals surface area contributed by atoms with Gasteiger partial charge in [0.1, 0.15) is 12.7 Å². The molecule has 148 valence electrons. The molecule has 0 fully saturated rings. The molecule has 7 nitrogen and oxygen atoms in total. The molecule has 1 aliphatic heterocycles. The maximum absolute atomic E-state index is 12.2. The van der Waals surface area contributed by atoms with Gasteiger partial charge in [0.2, 0.25) is 11.7 Å². The topological polar surface area (TPSA) is 75.3 Å². The highest BCUT2D eigenvalue weighted by atomic mass is 16.6. The summed E-state index contributed by atoms with van der Waals surface area (Å²) in [4.78, 5) is 12.2. The van der Waals surface area contributed by atoms with Crippen molar-refractivity contribution < 1.29 is 28.5 Å². The van der Waals surface area contributed by atoms with Crippen LogP contribution in [0.1, 0.15) is 5.56 Å². The summed E-state index contributed by atoms with van der Waals surface area (Å²) < 4.78 is 27.5. The van der Waals surface area contributed by atoms with Crippen molar-refractivity contribution in [1.82, 2.24) is 5.32 Å². The van der Waals surface area contributed by atoms with Crippen LogP contribution in [0.2, 0.25) is 0 Å². The molecule has 0 spiro atoms. The van der Waals surface area contributed by atoms with Crippen molar-refractivity contribution in [3.05, 3.63) is 48.0 Å². The number of rotatable bonds is 7. The zero-order valence-electron chi connectivity index (χ0n) is 16.1. The molecule has 0 saturated carbocycles. The number of ether oxygens (including phenoxy) is 5. The minimum atomic E-state index is -0.251. The summed E-state index contributed by atoms with van der Waals surface area (Å²) in [6.45, 7) is 0.713. The lowest BCUT2D eigenvalue weighted by Crippen LogP contribution is -2.40. The number of fused-ring (bicyclic) bond motifs is 1. The van der Waals surface area contributed by atoms with Gasteiger partial charge in [-0.15, -0.1) is 0 Å². The summed E-state index contributed by atoms with van der Waals surface area (Å²) in [6.07, 6.45) is 2.84. The fourth-order valence-corrected chi connectivity index (χ4v) is 2.86. The van der Waals surface area contributed by atoms with Crippen molar-refractivity contribution in [1.29, 1.82) is 0 Å². The molecule has 0 radical (unpaired) electrons. The standard InChI is InChI=1S/C21H23NO6/c1-24-18-10-8-14(20(25-2)21(18)26-3)9-11-19(23)22-12-15-13-27-16-6-4-5-7-17(16)28-15/h4-11,15H,12-13H2,1-3H3,(H,22,23)/b11-9+. The third-order valence-electron chi connectivity index (χ3n) is 4.22. The van der Waals surface area contributed by atoms with Gasteiger partial charge < -0.3 is 29.0 Å². The number of amides is 1. The van der Waals surface area contributed by atoms with Crippen molar-refractivity contribution in [2.24, 2.45) is 0 Å². The number of para-hydroxylation sites is 2. The van der Waals surface area contributed by atoms with E-state index in [0.29, 0.717) is 47.5 Å². The third kappa shape index (κ3) is 4.31. The zero-order valence-corrected chi connectivity index (χ0v) is 16.1. The first-order valence-electron chi connectivity index (χ1n) is 8.79. The summed E-state index contributed by atoms with van der Waals surface area (Å²) >= 11 is 0. The van der Waals surface area contributed by atoms with Crippen LogP contribution in [0.25, 0.3) is 6.08 Å². The number of nitrogens with one attached hydrogen (secondary N) is 1. The predicted molar refractivity (Wildman–Crippen MR) is 104 cm³/mol. The third-order valence-corrected chi connectivity index (χ3v) is 4.22. The summed E-state index contributed by atoms with van der Waals surface area (Å²) in [7, 11) is 4.62. The van der Waals surface area contributed by atoms with Gasteiger partial charge in [-0.2, -0.15) is 0 Å². The normalized spacial score (nSPS) is 15.2. The van der Waals surface area contributed by atoms with E-state index in [2.05, 4.69) is 5.32 Å². The van der Waals surface area contributed by atoms with Gasteiger partial charge in [0.25, 0.3) is 0 Å². The van der Waals surface area contributed by atoms with Gasteiger partial charge in [0.15, 0.2) is 23.0 Å². The van der Waals surface area contributed by atoms with Crippen LogP contribution in [0.3, 0.4) is 0 Å². The van der Waals surface area contributed by atoms with Crippen LogP contribution in [0, 0.1) is 0 Å². The lowest BCUT2D eigenvalue weighted by atomic mass is 10.1. The smallest absolute Gasteiger partial charge is 0.244 e. The number of methoxy groups -OCH3 is 3. The second kappa shape index (κ2) is 9.03. The van der Waals surface area contributed by atoms with Gasteiger partial charge in [-0.1, -0.05) is 12.1 Å². The largest absolute Gasteiger partial charge is 0.493 e. The summed E-state index contributed by atoms with van der Waals surface area (Å²) in [5.74, 6) is 2.66. The maximum atomic E-state index is 12.2. The van der Waals surface area contributed by atoms with Crippen LogP contribution < -0.4 is 29.0 Å². The molecule has 28 heavy (non-hydrogen) atoms. The molecule has 1 aliphatic rings. The van der Waals surface area contributed by atoms with Crippen molar-refractivity contribution in [3.8, 4) is 28.7 Å². The molecule has 2 aromatic carbocycles.